The van der Waals surface area contributed by atoms with Crippen molar-refractivity contribution >= 4 is 33.3 Å². The van der Waals surface area contributed by atoms with Crippen molar-refractivity contribution in [1.82, 2.24) is 9.80 Å². The number of nitrogens with one attached hydrogen (secondary N) is 2. The lowest BCUT2D eigenvalue weighted by Crippen LogP contribution is -2.50. The van der Waals surface area contributed by atoms with Crippen LogP contribution in [-0.2, 0) is 10.0 Å². The van der Waals surface area contributed by atoms with Gasteiger partial charge >= 0.3 is 6.03 Å². The van der Waals surface area contributed by atoms with Gasteiger partial charge in [-0.25, -0.2) is 13.2 Å². The van der Waals surface area contributed by atoms with Crippen molar-refractivity contribution in [2.75, 3.05) is 36.8 Å². The number of carbonyl (C=O) groups is 2. The van der Waals surface area contributed by atoms with E-state index in [4.69, 9.17) is 4.74 Å². The molecule has 3 N–H and O–H groups in total. The predicted octanol–water partition coefficient (Wildman–Crippen LogP) is 4.18. The summed E-state index contributed by atoms with van der Waals surface area (Å²) in [5.74, 6) is -0.606. The van der Waals surface area contributed by atoms with Crippen LogP contribution in [0.5, 0.6) is 5.75 Å². The van der Waals surface area contributed by atoms with Gasteiger partial charge in [0.05, 0.1) is 35.3 Å². The second-order valence-corrected chi connectivity index (χ2v) is 12.1. The number of hydrogen-bond donors (Lipinski definition) is 3. The highest BCUT2D eigenvalue weighted by Gasteiger charge is 2.35. The van der Waals surface area contributed by atoms with Crippen LogP contribution in [0.4, 0.5) is 16.2 Å². The summed E-state index contributed by atoms with van der Waals surface area (Å²) >= 11 is 0. The van der Waals surface area contributed by atoms with Gasteiger partial charge in [0.25, 0.3) is 15.9 Å². The number of rotatable bonds is 8. The van der Waals surface area contributed by atoms with Gasteiger partial charge in [-0.05, 0) is 50.2 Å². The van der Waals surface area contributed by atoms with E-state index < -0.39 is 28.1 Å². The Labute approximate surface area is 241 Å². The molecule has 3 amide bonds. The summed E-state index contributed by atoms with van der Waals surface area (Å²) in [6.07, 6.45) is -0.619. The SMILES string of the molecule is Cc1ccc(S(=O)(=O)Nc2cccc3c2O[C@H](CN(C)C(=O)Nc2ccccc2)[C@@H](C)CN([C@@H](C)CO)C3=O)cc1. The molecule has 3 atom stereocenters. The molecule has 218 valence electrons. The van der Waals surface area contributed by atoms with Crippen molar-refractivity contribution in [3.8, 4) is 5.75 Å². The Morgan fingerprint density at radius 2 is 1.78 bits per heavy atom. The maximum absolute atomic E-state index is 13.7. The lowest BCUT2D eigenvalue weighted by molar-refractivity contribution is 0.0373. The van der Waals surface area contributed by atoms with Crippen LogP contribution in [0, 0.1) is 12.8 Å². The summed E-state index contributed by atoms with van der Waals surface area (Å²) in [4.78, 5) is 29.8. The van der Waals surface area contributed by atoms with Gasteiger partial charge in [0.15, 0.2) is 5.75 Å². The Morgan fingerprint density at radius 3 is 2.44 bits per heavy atom. The van der Waals surface area contributed by atoms with Crippen LogP contribution in [0.2, 0.25) is 0 Å². The number of nitrogens with zero attached hydrogens (tertiary/aromatic N) is 2. The third kappa shape index (κ3) is 6.98. The fourth-order valence-electron chi connectivity index (χ4n) is 4.56. The van der Waals surface area contributed by atoms with Crippen molar-refractivity contribution in [3.63, 3.8) is 0 Å². The minimum absolute atomic E-state index is 0.0654. The van der Waals surface area contributed by atoms with E-state index in [1.807, 2.05) is 32.0 Å². The van der Waals surface area contributed by atoms with E-state index in [-0.39, 0.29) is 53.5 Å². The average Bonchev–Trinajstić information content (AvgIpc) is 2.95. The number of amides is 3. The Morgan fingerprint density at radius 1 is 1.10 bits per heavy atom. The van der Waals surface area contributed by atoms with Crippen LogP contribution in [-0.4, -0.2) is 74.2 Å². The van der Waals surface area contributed by atoms with Crippen LogP contribution >= 0.6 is 0 Å². The first-order valence-electron chi connectivity index (χ1n) is 13.4. The largest absolute Gasteiger partial charge is 0.485 e. The first-order chi connectivity index (χ1) is 19.5. The molecule has 3 aromatic carbocycles. The quantitative estimate of drug-likeness (QED) is 0.367. The second kappa shape index (κ2) is 12.6. The maximum atomic E-state index is 13.7. The fraction of sp³-hybridized carbons (Fsp3) is 0.333. The summed E-state index contributed by atoms with van der Waals surface area (Å²) < 4.78 is 35.6. The molecule has 41 heavy (non-hydrogen) atoms. The number of likely N-dealkylation sites (N-methyl/N-ethyl adjacent to an activating group) is 1. The first kappa shape index (κ1) is 29.9. The topological polar surface area (TPSA) is 128 Å². The second-order valence-electron chi connectivity index (χ2n) is 10.4. The van der Waals surface area contributed by atoms with Crippen molar-refractivity contribution in [2.24, 2.45) is 5.92 Å². The molecule has 0 aliphatic carbocycles. The zero-order valence-electron chi connectivity index (χ0n) is 23.6. The number of sulfonamides is 1. The Balaban J connectivity index is 1.69. The number of aliphatic hydroxyl groups excluding tert-OH is 1. The third-order valence-corrected chi connectivity index (χ3v) is 8.47. The van der Waals surface area contributed by atoms with Crippen molar-refractivity contribution in [2.45, 2.75) is 37.8 Å². The lowest BCUT2D eigenvalue weighted by Gasteiger charge is -2.38. The summed E-state index contributed by atoms with van der Waals surface area (Å²) in [5, 5.41) is 12.7. The molecule has 0 spiro atoms. The molecule has 11 heteroatoms. The van der Waals surface area contributed by atoms with Crippen molar-refractivity contribution in [3.05, 3.63) is 83.9 Å². The summed E-state index contributed by atoms with van der Waals surface area (Å²) in [6.45, 7) is 5.65. The zero-order valence-corrected chi connectivity index (χ0v) is 24.4. The molecule has 1 aliphatic rings. The zero-order chi connectivity index (χ0) is 29.7. The molecule has 0 saturated carbocycles. The number of anilines is 2. The van der Waals surface area contributed by atoms with E-state index in [1.54, 1.807) is 55.3 Å². The molecule has 0 unspecified atom stereocenters. The molecule has 1 aliphatic heterocycles. The van der Waals surface area contributed by atoms with E-state index in [9.17, 15) is 23.1 Å². The molecular weight excluding hydrogens is 544 g/mol. The number of carbonyl (C=O) groups excluding carboxylic acids is 2. The van der Waals surface area contributed by atoms with Crippen molar-refractivity contribution < 1.29 is 27.9 Å². The normalized spacial score (nSPS) is 17.9. The number of ether oxygens (including phenoxy) is 1. The van der Waals surface area contributed by atoms with Crippen LogP contribution in [0.3, 0.4) is 0 Å². The lowest BCUT2D eigenvalue weighted by atomic mass is 9.99. The van der Waals surface area contributed by atoms with Gasteiger partial charge in [0, 0.05) is 25.2 Å². The first-order valence-corrected chi connectivity index (χ1v) is 14.9. The third-order valence-electron chi connectivity index (χ3n) is 7.09. The highest BCUT2D eigenvalue weighted by atomic mass is 32.2. The number of hydrogen-bond acceptors (Lipinski definition) is 6. The van der Waals surface area contributed by atoms with Gasteiger partial charge in [-0.3, -0.25) is 9.52 Å². The highest BCUT2D eigenvalue weighted by molar-refractivity contribution is 7.92. The number of urea groups is 1. The smallest absolute Gasteiger partial charge is 0.321 e. The molecule has 0 radical (unpaired) electrons. The molecule has 0 aromatic heterocycles. The number of para-hydroxylation sites is 2. The van der Waals surface area contributed by atoms with E-state index in [1.165, 1.54) is 23.1 Å². The van der Waals surface area contributed by atoms with E-state index in [0.717, 1.165) is 5.56 Å². The summed E-state index contributed by atoms with van der Waals surface area (Å²) in [7, 11) is -2.37. The van der Waals surface area contributed by atoms with E-state index in [2.05, 4.69) is 10.0 Å². The van der Waals surface area contributed by atoms with Gasteiger partial charge in [0.1, 0.15) is 6.10 Å². The Hall–Kier alpha value is -4.09. The van der Waals surface area contributed by atoms with Gasteiger partial charge in [-0.15, -0.1) is 0 Å². The molecule has 0 bridgehead atoms. The van der Waals surface area contributed by atoms with Gasteiger partial charge in [-0.1, -0.05) is 48.9 Å². The molecule has 1 heterocycles. The molecule has 0 saturated heterocycles. The minimum Gasteiger partial charge on any atom is -0.485 e. The minimum atomic E-state index is -4.01. The van der Waals surface area contributed by atoms with Gasteiger partial charge in [-0.2, -0.15) is 0 Å². The standard InChI is InChI=1S/C30H36N4O6S/c1-20-13-15-24(16-14-20)41(38,39)32-26-12-8-11-25-28(26)40-27(21(2)17-34(29(25)36)22(3)19-35)18-33(4)30(37)31-23-9-6-5-7-10-23/h5-16,21-22,27,32,35H,17-19H2,1-4H3,(H,31,37)/t21-,22-,27+/m0/s1. The van der Waals surface area contributed by atoms with E-state index >= 15 is 0 Å². The van der Waals surface area contributed by atoms with E-state index in [0.29, 0.717) is 5.69 Å². The molecule has 4 rings (SSSR count). The van der Waals surface area contributed by atoms with Gasteiger partial charge < -0.3 is 25.0 Å². The number of benzene rings is 3. The number of aryl methyl sites for hydroxylation is 1. The maximum Gasteiger partial charge on any atom is 0.321 e. The monoisotopic (exact) mass is 580 g/mol. The Kier molecular flexibility index (Phi) is 9.19. The number of aliphatic hydroxyl groups is 1. The fourth-order valence-corrected chi connectivity index (χ4v) is 5.62. The van der Waals surface area contributed by atoms with Gasteiger partial charge in [0.2, 0.25) is 0 Å². The molecular formula is C30H36N4O6S. The van der Waals surface area contributed by atoms with Crippen LogP contribution in [0.1, 0.15) is 29.8 Å². The van der Waals surface area contributed by atoms with Crippen molar-refractivity contribution in [1.29, 1.82) is 0 Å². The van der Waals surface area contributed by atoms with Crippen LogP contribution in [0.15, 0.2) is 77.7 Å². The van der Waals surface area contributed by atoms with Crippen LogP contribution in [0.25, 0.3) is 0 Å². The Bertz CT molecular complexity index is 1480. The summed E-state index contributed by atoms with van der Waals surface area (Å²) in [5.41, 5.74) is 1.81. The highest BCUT2D eigenvalue weighted by Crippen LogP contribution is 2.36. The number of fused-ring (bicyclic) bond motifs is 1. The molecule has 3 aromatic rings. The predicted molar refractivity (Wildman–Crippen MR) is 158 cm³/mol. The molecule has 0 fully saturated rings. The average molecular weight is 581 g/mol. The summed E-state index contributed by atoms with van der Waals surface area (Å²) in [6, 6.07) is 19.3. The van der Waals surface area contributed by atoms with Crippen LogP contribution < -0.4 is 14.8 Å². The molecule has 10 nitrogen and oxygen atoms in total.